The first-order valence-electron chi connectivity index (χ1n) is 5.81. The molecule has 0 spiro atoms. The minimum absolute atomic E-state index is 0.239. The van der Waals surface area contributed by atoms with Crippen LogP contribution < -0.4 is 0 Å². The van der Waals surface area contributed by atoms with Gasteiger partial charge in [-0.2, -0.15) is 0 Å². The third-order valence-corrected chi connectivity index (χ3v) is 4.15. The van der Waals surface area contributed by atoms with Crippen LogP contribution in [0.3, 0.4) is 0 Å². The molecular weight excluding hydrogens is 340 g/mol. The maximum absolute atomic E-state index is 11.4. The smallest absolute Gasteiger partial charge is 0.336 e. The molecule has 2 heterocycles. The number of rotatable bonds is 2. The maximum Gasteiger partial charge on any atom is 0.336 e. The summed E-state index contributed by atoms with van der Waals surface area (Å²) >= 11 is 4.89. The van der Waals surface area contributed by atoms with Crippen molar-refractivity contribution in [3.8, 4) is 11.4 Å². The van der Waals surface area contributed by atoms with Gasteiger partial charge in [-0.15, -0.1) is 11.3 Å². The van der Waals surface area contributed by atoms with E-state index in [1.165, 1.54) is 11.3 Å². The molecule has 0 radical (unpaired) electrons. The number of carboxylic acids is 1. The van der Waals surface area contributed by atoms with Crippen molar-refractivity contribution < 1.29 is 9.90 Å². The summed E-state index contributed by atoms with van der Waals surface area (Å²) in [5.74, 6) is -0.965. The average Bonchev–Trinajstić information content (AvgIpc) is 2.83. The Morgan fingerprint density at radius 3 is 2.70 bits per heavy atom. The van der Waals surface area contributed by atoms with Gasteiger partial charge in [0, 0.05) is 15.2 Å². The van der Waals surface area contributed by atoms with E-state index in [4.69, 9.17) is 0 Å². The van der Waals surface area contributed by atoms with Crippen molar-refractivity contribution in [1.29, 1.82) is 0 Å². The summed E-state index contributed by atoms with van der Waals surface area (Å²) in [4.78, 5) is 20.3. The van der Waals surface area contributed by atoms with Gasteiger partial charge in [-0.05, 0) is 25.1 Å². The molecule has 0 bridgehead atoms. The Labute approximate surface area is 127 Å². The minimum atomic E-state index is -0.965. The fourth-order valence-electron chi connectivity index (χ4n) is 1.99. The summed E-state index contributed by atoms with van der Waals surface area (Å²) in [6, 6.07) is 6.95. The molecule has 2 aromatic heterocycles. The van der Waals surface area contributed by atoms with E-state index in [1.54, 1.807) is 12.1 Å². The summed E-state index contributed by atoms with van der Waals surface area (Å²) in [5, 5.41) is 12.8. The number of carboxylic acid groups (broad SMARTS) is 1. The molecule has 0 unspecified atom stereocenters. The first-order chi connectivity index (χ1) is 9.54. The number of halogens is 1. The lowest BCUT2D eigenvalue weighted by molar-refractivity contribution is 0.0699. The van der Waals surface area contributed by atoms with Crippen molar-refractivity contribution in [1.82, 2.24) is 9.97 Å². The van der Waals surface area contributed by atoms with E-state index >= 15 is 0 Å². The summed E-state index contributed by atoms with van der Waals surface area (Å²) in [5.41, 5.74) is 2.16. The molecule has 1 aromatic carbocycles. The van der Waals surface area contributed by atoms with E-state index in [2.05, 4.69) is 25.9 Å². The number of aromatic nitrogens is 2. The number of hydrogen-bond donors (Lipinski definition) is 1. The number of fused-ring (bicyclic) bond motifs is 1. The number of hydrogen-bond acceptors (Lipinski definition) is 4. The Hall–Kier alpha value is -1.79. The van der Waals surface area contributed by atoms with E-state index in [0.717, 1.165) is 9.48 Å². The Morgan fingerprint density at radius 2 is 2.05 bits per heavy atom. The van der Waals surface area contributed by atoms with Crippen LogP contribution in [0.15, 0.2) is 34.1 Å². The molecule has 0 amide bonds. The third kappa shape index (κ3) is 2.32. The van der Waals surface area contributed by atoms with E-state index in [-0.39, 0.29) is 5.56 Å². The predicted octanol–water partition coefficient (Wildman–Crippen LogP) is 4.13. The maximum atomic E-state index is 11.4. The minimum Gasteiger partial charge on any atom is -0.478 e. The summed E-state index contributed by atoms with van der Waals surface area (Å²) in [6.07, 6.45) is 0. The van der Waals surface area contributed by atoms with Crippen molar-refractivity contribution in [2.45, 2.75) is 6.92 Å². The molecule has 0 saturated carbocycles. The quantitative estimate of drug-likeness (QED) is 0.756. The van der Waals surface area contributed by atoms with Crippen molar-refractivity contribution in [2.24, 2.45) is 0 Å². The van der Waals surface area contributed by atoms with E-state index in [1.807, 2.05) is 24.4 Å². The van der Waals surface area contributed by atoms with E-state index in [9.17, 15) is 9.90 Å². The highest BCUT2D eigenvalue weighted by molar-refractivity contribution is 9.10. The van der Waals surface area contributed by atoms with E-state index in [0.29, 0.717) is 22.3 Å². The fourth-order valence-corrected chi connectivity index (χ4v) is 2.95. The zero-order chi connectivity index (χ0) is 14.3. The molecule has 20 heavy (non-hydrogen) atoms. The monoisotopic (exact) mass is 348 g/mol. The average molecular weight is 349 g/mol. The van der Waals surface area contributed by atoms with Gasteiger partial charge >= 0.3 is 5.97 Å². The van der Waals surface area contributed by atoms with Crippen LogP contribution in [0.5, 0.6) is 0 Å². The lowest BCUT2D eigenvalue weighted by Crippen LogP contribution is -2.00. The van der Waals surface area contributed by atoms with Gasteiger partial charge in [0.1, 0.15) is 0 Å². The summed E-state index contributed by atoms with van der Waals surface area (Å²) < 4.78 is 0.862. The number of nitrogens with zero attached hydrogens (tertiary/aromatic N) is 2. The molecule has 0 aliphatic heterocycles. The van der Waals surface area contributed by atoms with E-state index < -0.39 is 5.97 Å². The second kappa shape index (κ2) is 4.96. The number of benzene rings is 1. The predicted molar refractivity (Wildman–Crippen MR) is 82.2 cm³/mol. The van der Waals surface area contributed by atoms with Crippen molar-refractivity contribution >= 4 is 44.1 Å². The van der Waals surface area contributed by atoms with Crippen LogP contribution in [0.25, 0.3) is 22.3 Å². The van der Waals surface area contributed by atoms with Crippen LogP contribution in [0.1, 0.15) is 15.4 Å². The molecule has 0 aliphatic rings. The molecule has 0 saturated heterocycles. The van der Waals surface area contributed by atoms with Crippen molar-refractivity contribution in [2.75, 3.05) is 0 Å². The molecule has 1 N–H and O–H groups in total. The topological polar surface area (TPSA) is 63.1 Å². The van der Waals surface area contributed by atoms with Gasteiger partial charge in [-0.3, -0.25) is 0 Å². The fraction of sp³-hybridized carbons (Fsp3) is 0.0714. The van der Waals surface area contributed by atoms with Crippen LogP contribution in [0.2, 0.25) is 0 Å². The number of carbonyl (C=O) groups is 1. The Kier molecular flexibility index (Phi) is 3.27. The van der Waals surface area contributed by atoms with Gasteiger partial charge in [0.05, 0.1) is 27.5 Å². The van der Waals surface area contributed by atoms with Gasteiger partial charge in [0.2, 0.25) is 0 Å². The lowest BCUT2D eigenvalue weighted by Gasteiger charge is -2.05. The second-order valence-electron chi connectivity index (χ2n) is 4.27. The molecular formula is C14H9BrN2O2S. The second-order valence-corrected chi connectivity index (χ2v) is 6.25. The lowest BCUT2D eigenvalue weighted by atomic mass is 10.1. The highest BCUT2D eigenvalue weighted by Crippen LogP contribution is 2.27. The zero-order valence-electron chi connectivity index (χ0n) is 10.4. The van der Waals surface area contributed by atoms with Crippen LogP contribution in [0, 0.1) is 6.92 Å². The zero-order valence-corrected chi connectivity index (χ0v) is 12.8. The van der Waals surface area contributed by atoms with Gasteiger partial charge < -0.3 is 5.11 Å². The highest BCUT2D eigenvalue weighted by Gasteiger charge is 2.14. The molecule has 0 fully saturated rings. The Morgan fingerprint density at radius 1 is 1.25 bits per heavy atom. The third-order valence-electron chi connectivity index (χ3n) is 2.88. The number of thiazole rings is 1. The number of aryl methyl sites for hydroxylation is 1. The normalized spacial score (nSPS) is 10.9. The molecule has 3 aromatic rings. The molecule has 0 atom stereocenters. The standard InChI is InChI=1S/C14H9BrN2O2S/c1-7-16-13(6-20-7)12-5-10(14(18)19)9-3-2-8(15)4-11(9)17-12/h2-6H,1H3,(H,18,19). The molecule has 3 rings (SSSR count). The van der Waals surface area contributed by atoms with Crippen LogP contribution >= 0.6 is 27.3 Å². The van der Waals surface area contributed by atoms with Gasteiger partial charge in [-0.1, -0.05) is 22.0 Å². The van der Waals surface area contributed by atoms with Crippen molar-refractivity contribution in [3.63, 3.8) is 0 Å². The van der Waals surface area contributed by atoms with Crippen LogP contribution in [-0.2, 0) is 0 Å². The molecule has 0 aliphatic carbocycles. The molecule has 4 nitrogen and oxygen atoms in total. The summed E-state index contributed by atoms with van der Waals surface area (Å²) in [7, 11) is 0. The Balaban J connectivity index is 2.32. The largest absolute Gasteiger partial charge is 0.478 e. The van der Waals surface area contributed by atoms with Crippen molar-refractivity contribution in [3.05, 3.63) is 44.7 Å². The molecule has 6 heteroatoms. The Bertz CT molecular complexity index is 829. The number of pyridine rings is 1. The van der Waals surface area contributed by atoms with Crippen LogP contribution in [-0.4, -0.2) is 21.0 Å². The van der Waals surface area contributed by atoms with Gasteiger partial charge in [0.25, 0.3) is 0 Å². The number of aromatic carboxylic acids is 1. The van der Waals surface area contributed by atoms with Crippen LogP contribution in [0.4, 0.5) is 0 Å². The first-order valence-corrected chi connectivity index (χ1v) is 7.48. The van der Waals surface area contributed by atoms with Gasteiger partial charge in [0.15, 0.2) is 0 Å². The molecule has 100 valence electrons. The summed E-state index contributed by atoms with van der Waals surface area (Å²) in [6.45, 7) is 1.91. The first kappa shape index (κ1) is 13.2. The van der Waals surface area contributed by atoms with Gasteiger partial charge in [-0.25, -0.2) is 14.8 Å². The SMILES string of the molecule is Cc1nc(-c2cc(C(=O)O)c3ccc(Br)cc3n2)cs1. The highest BCUT2D eigenvalue weighted by atomic mass is 79.9.